The first-order chi connectivity index (χ1) is 12.7. The van der Waals surface area contributed by atoms with Crippen LogP contribution in [0.4, 0.5) is 4.79 Å². The van der Waals surface area contributed by atoms with Gasteiger partial charge in [0.05, 0.1) is 12.6 Å². The molecule has 1 rings (SSSR count). The summed E-state index contributed by atoms with van der Waals surface area (Å²) >= 11 is 0. The molecule has 160 valence electrons. The van der Waals surface area contributed by atoms with E-state index in [4.69, 9.17) is 4.74 Å². The number of rotatable bonds is 8. The summed E-state index contributed by atoms with van der Waals surface area (Å²) in [6.45, 7) is 11.6. The molecular formula is C20H35IN4O3. The van der Waals surface area contributed by atoms with Crippen LogP contribution >= 0.6 is 24.0 Å². The van der Waals surface area contributed by atoms with E-state index < -0.39 is 17.8 Å². The van der Waals surface area contributed by atoms with Crippen LogP contribution in [0.1, 0.15) is 51.3 Å². The molecule has 0 aliphatic rings. The number of nitrogens with one attached hydrogen (secondary N) is 3. The SMILES string of the molecule is CCNC(=NCC(O)c1ccc(C)cc1)NCCCNC(=O)OC(C)(C)C.I. The van der Waals surface area contributed by atoms with E-state index in [0.717, 1.165) is 24.1 Å². The highest BCUT2D eigenvalue weighted by Crippen LogP contribution is 2.13. The monoisotopic (exact) mass is 506 g/mol. The number of aliphatic hydroxyl groups is 1. The van der Waals surface area contributed by atoms with Crippen LogP contribution in [-0.4, -0.2) is 48.9 Å². The molecule has 4 N–H and O–H groups in total. The lowest BCUT2D eigenvalue weighted by molar-refractivity contribution is 0.0527. The molecule has 0 saturated carbocycles. The Hall–Kier alpha value is -1.55. The molecule has 7 nitrogen and oxygen atoms in total. The fourth-order valence-electron chi connectivity index (χ4n) is 2.21. The van der Waals surface area contributed by atoms with E-state index in [1.165, 1.54) is 0 Å². The molecule has 0 bridgehead atoms. The van der Waals surface area contributed by atoms with Crippen LogP contribution in [0.2, 0.25) is 0 Å². The summed E-state index contributed by atoms with van der Waals surface area (Å²) in [7, 11) is 0. The van der Waals surface area contributed by atoms with E-state index in [2.05, 4.69) is 20.9 Å². The van der Waals surface area contributed by atoms with E-state index in [9.17, 15) is 9.90 Å². The number of carbonyl (C=O) groups excluding carboxylic acids is 1. The summed E-state index contributed by atoms with van der Waals surface area (Å²) in [4.78, 5) is 16.0. The second-order valence-corrected chi connectivity index (χ2v) is 7.36. The number of benzene rings is 1. The fraction of sp³-hybridized carbons (Fsp3) is 0.600. The number of aliphatic hydroxyl groups excluding tert-OH is 1. The van der Waals surface area contributed by atoms with Crippen LogP contribution in [0.15, 0.2) is 29.3 Å². The third-order valence-corrected chi connectivity index (χ3v) is 3.54. The molecule has 1 atom stereocenters. The van der Waals surface area contributed by atoms with Crippen molar-refractivity contribution < 1.29 is 14.6 Å². The largest absolute Gasteiger partial charge is 0.444 e. The third-order valence-electron chi connectivity index (χ3n) is 3.54. The Morgan fingerprint density at radius 1 is 1.14 bits per heavy atom. The average molecular weight is 506 g/mol. The molecule has 1 unspecified atom stereocenters. The number of amides is 1. The first kappa shape index (κ1) is 26.4. The lowest BCUT2D eigenvalue weighted by atomic mass is 10.1. The number of carbonyl (C=O) groups is 1. The van der Waals surface area contributed by atoms with Crippen LogP contribution in [-0.2, 0) is 4.74 Å². The lowest BCUT2D eigenvalue weighted by Crippen LogP contribution is -2.39. The van der Waals surface area contributed by atoms with E-state index in [-0.39, 0.29) is 30.5 Å². The smallest absolute Gasteiger partial charge is 0.407 e. The number of hydrogen-bond donors (Lipinski definition) is 4. The molecule has 0 aromatic heterocycles. The zero-order valence-electron chi connectivity index (χ0n) is 17.5. The number of hydrogen-bond acceptors (Lipinski definition) is 4. The Labute approximate surface area is 185 Å². The van der Waals surface area contributed by atoms with Gasteiger partial charge < -0.3 is 25.8 Å². The Balaban J connectivity index is 0.00000729. The predicted octanol–water partition coefficient (Wildman–Crippen LogP) is 3.12. The maximum Gasteiger partial charge on any atom is 0.407 e. The number of aryl methyl sites for hydroxylation is 1. The molecule has 0 heterocycles. The van der Waals surface area contributed by atoms with E-state index >= 15 is 0 Å². The minimum atomic E-state index is -0.644. The molecule has 1 aromatic rings. The van der Waals surface area contributed by atoms with Crippen molar-refractivity contribution in [2.24, 2.45) is 4.99 Å². The highest BCUT2D eigenvalue weighted by molar-refractivity contribution is 14.0. The van der Waals surface area contributed by atoms with Crippen molar-refractivity contribution in [3.63, 3.8) is 0 Å². The number of aliphatic imine (C=N–C) groups is 1. The second-order valence-electron chi connectivity index (χ2n) is 7.36. The molecule has 1 aromatic carbocycles. The lowest BCUT2D eigenvalue weighted by Gasteiger charge is -2.19. The van der Waals surface area contributed by atoms with Gasteiger partial charge in [-0.2, -0.15) is 0 Å². The molecule has 0 fully saturated rings. The fourth-order valence-corrected chi connectivity index (χ4v) is 2.21. The summed E-state index contributed by atoms with van der Waals surface area (Å²) in [5, 5.41) is 19.3. The molecule has 1 amide bonds. The average Bonchev–Trinajstić information content (AvgIpc) is 2.58. The Kier molecular flexibility index (Phi) is 12.8. The first-order valence-electron chi connectivity index (χ1n) is 9.45. The summed E-state index contributed by atoms with van der Waals surface area (Å²) < 4.78 is 5.18. The zero-order valence-corrected chi connectivity index (χ0v) is 19.9. The van der Waals surface area contributed by atoms with Crippen molar-refractivity contribution in [1.29, 1.82) is 0 Å². The van der Waals surface area contributed by atoms with Crippen LogP contribution < -0.4 is 16.0 Å². The highest BCUT2D eigenvalue weighted by Gasteiger charge is 2.15. The van der Waals surface area contributed by atoms with Crippen molar-refractivity contribution in [2.45, 2.75) is 52.7 Å². The molecular weight excluding hydrogens is 471 g/mol. The number of halogens is 1. The van der Waals surface area contributed by atoms with Crippen molar-refractivity contribution in [3.05, 3.63) is 35.4 Å². The summed E-state index contributed by atoms with van der Waals surface area (Å²) in [5.74, 6) is 0.640. The van der Waals surface area contributed by atoms with Gasteiger partial charge in [0.2, 0.25) is 0 Å². The number of ether oxygens (including phenoxy) is 1. The normalized spacial score (nSPS) is 12.6. The van der Waals surface area contributed by atoms with E-state index in [1.807, 2.05) is 58.9 Å². The van der Waals surface area contributed by atoms with Gasteiger partial charge in [-0.15, -0.1) is 24.0 Å². The molecule has 0 aliphatic carbocycles. The quantitative estimate of drug-likeness (QED) is 0.188. The maximum absolute atomic E-state index is 11.6. The summed E-state index contributed by atoms with van der Waals surface area (Å²) in [5.41, 5.74) is 1.51. The molecule has 8 heteroatoms. The topological polar surface area (TPSA) is 95.0 Å². The molecule has 0 aliphatic heterocycles. The third kappa shape index (κ3) is 12.0. The van der Waals surface area contributed by atoms with E-state index in [0.29, 0.717) is 19.0 Å². The van der Waals surface area contributed by atoms with Crippen molar-refractivity contribution in [1.82, 2.24) is 16.0 Å². The van der Waals surface area contributed by atoms with Crippen LogP contribution in [0, 0.1) is 6.92 Å². The summed E-state index contributed by atoms with van der Waals surface area (Å²) in [6.07, 6.45) is -0.330. The highest BCUT2D eigenvalue weighted by atomic mass is 127. The van der Waals surface area contributed by atoms with Gasteiger partial charge in [0.15, 0.2) is 5.96 Å². The van der Waals surface area contributed by atoms with Crippen molar-refractivity contribution in [3.8, 4) is 0 Å². The standard InChI is InChI=1S/C20H34N4O3.HI/c1-6-21-18(22-12-7-13-23-19(26)27-20(3,4)5)24-14-17(25)16-10-8-15(2)9-11-16;/h8-11,17,25H,6-7,12-14H2,1-5H3,(H,23,26)(H2,21,22,24);1H. The van der Waals surface area contributed by atoms with Gasteiger partial charge in [0, 0.05) is 19.6 Å². The Morgan fingerprint density at radius 3 is 2.32 bits per heavy atom. The van der Waals surface area contributed by atoms with Gasteiger partial charge in [-0.3, -0.25) is 4.99 Å². The van der Waals surface area contributed by atoms with Crippen molar-refractivity contribution >= 4 is 36.0 Å². The number of guanidine groups is 1. The first-order valence-corrected chi connectivity index (χ1v) is 9.45. The van der Waals surface area contributed by atoms with Gasteiger partial charge in [-0.1, -0.05) is 29.8 Å². The number of alkyl carbamates (subject to hydrolysis) is 1. The summed E-state index contributed by atoms with van der Waals surface area (Å²) in [6, 6.07) is 7.78. The Bertz CT molecular complexity index is 600. The van der Waals surface area contributed by atoms with Crippen LogP contribution in [0.5, 0.6) is 0 Å². The molecule has 0 saturated heterocycles. The Morgan fingerprint density at radius 2 is 1.75 bits per heavy atom. The molecule has 0 radical (unpaired) electrons. The number of nitrogens with zero attached hydrogens (tertiary/aromatic N) is 1. The second kappa shape index (κ2) is 13.6. The van der Waals surface area contributed by atoms with Gasteiger partial charge in [0.25, 0.3) is 0 Å². The minimum absolute atomic E-state index is 0. The van der Waals surface area contributed by atoms with Crippen molar-refractivity contribution in [2.75, 3.05) is 26.2 Å². The zero-order chi connectivity index (χ0) is 20.3. The molecule has 0 spiro atoms. The minimum Gasteiger partial charge on any atom is -0.444 e. The van der Waals surface area contributed by atoms with Crippen LogP contribution in [0.25, 0.3) is 0 Å². The predicted molar refractivity (Wildman–Crippen MR) is 124 cm³/mol. The molecule has 28 heavy (non-hydrogen) atoms. The maximum atomic E-state index is 11.6. The van der Waals surface area contributed by atoms with Gasteiger partial charge in [-0.25, -0.2) is 4.79 Å². The van der Waals surface area contributed by atoms with Crippen LogP contribution in [0.3, 0.4) is 0 Å². The van der Waals surface area contributed by atoms with Gasteiger partial charge in [-0.05, 0) is 46.6 Å². The van der Waals surface area contributed by atoms with Gasteiger partial charge >= 0.3 is 6.09 Å². The van der Waals surface area contributed by atoms with E-state index in [1.54, 1.807) is 0 Å². The van der Waals surface area contributed by atoms with Gasteiger partial charge in [0.1, 0.15) is 5.60 Å².